The Hall–Kier alpha value is -3.14. The molecule has 0 bridgehead atoms. The summed E-state index contributed by atoms with van der Waals surface area (Å²) in [6, 6.07) is 21.7. The Bertz CT molecular complexity index is 931. The van der Waals surface area contributed by atoms with Crippen molar-refractivity contribution in [2.45, 2.75) is 38.7 Å². The highest BCUT2D eigenvalue weighted by molar-refractivity contribution is 5.81. The number of hydrogen-bond donors (Lipinski definition) is 1. The molecule has 4 nitrogen and oxygen atoms in total. The van der Waals surface area contributed by atoms with E-state index in [0.29, 0.717) is 11.7 Å². The van der Waals surface area contributed by atoms with E-state index in [4.69, 9.17) is 4.84 Å². The number of pyridine rings is 1. The van der Waals surface area contributed by atoms with Gasteiger partial charge in [-0.1, -0.05) is 53.7 Å². The molecule has 0 aliphatic heterocycles. The summed E-state index contributed by atoms with van der Waals surface area (Å²) in [5.41, 5.74) is 5.22. The SMILES string of the molecule is CC(CC1CCc2c(O)cccc2C1)=NOC(c1ccccc1)c1ccccn1. The number of aromatic nitrogens is 1. The molecule has 4 heteroatoms. The van der Waals surface area contributed by atoms with E-state index >= 15 is 0 Å². The average Bonchev–Trinajstić information content (AvgIpc) is 2.75. The predicted molar refractivity (Wildman–Crippen MR) is 115 cm³/mol. The molecular weight excluding hydrogens is 360 g/mol. The van der Waals surface area contributed by atoms with Gasteiger partial charge < -0.3 is 9.94 Å². The van der Waals surface area contributed by atoms with Gasteiger partial charge in [0.05, 0.1) is 11.4 Å². The monoisotopic (exact) mass is 386 g/mol. The molecule has 4 rings (SSSR count). The van der Waals surface area contributed by atoms with Gasteiger partial charge in [-0.05, 0) is 67.9 Å². The van der Waals surface area contributed by atoms with Gasteiger partial charge in [0.1, 0.15) is 5.75 Å². The van der Waals surface area contributed by atoms with Crippen LogP contribution in [0, 0.1) is 5.92 Å². The summed E-state index contributed by atoms with van der Waals surface area (Å²) in [4.78, 5) is 10.5. The van der Waals surface area contributed by atoms with Gasteiger partial charge in [-0.2, -0.15) is 0 Å². The lowest BCUT2D eigenvalue weighted by atomic mass is 9.81. The summed E-state index contributed by atoms with van der Waals surface area (Å²) in [6.07, 6.45) is 5.29. The quantitative estimate of drug-likeness (QED) is 0.452. The summed E-state index contributed by atoms with van der Waals surface area (Å²) in [5.74, 6) is 0.942. The Morgan fingerprint density at radius 3 is 2.72 bits per heavy atom. The minimum absolute atomic E-state index is 0.323. The third-order valence-corrected chi connectivity index (χ3v) is 5.52. The summed E-state index contributed by atoms with van der Waals surface area (Å²) < 4.78 is 0. The molecule has 1 heterocycles. The fourth-order valence-corrected chi connectivity index (χ4v) is 4.08. The molecule has 148 valence electrons. The van der Waals surface area contributed by atoms with Crippen LogP contribution in [0.1, 0.15) is 48.3 Å². The molecule has 0 spiro atoms. The van der Waals surface area contributed by atoms with Gasteiger partial charge in [0.2, 0.25) is 0 Å². The average molecular weight is 386 g/mol. The fraction of sp³-hybridized carbons (Fsp3) is 0.280. The van der Waals surface area contributed by atoms with Crippen molar-refractivity contribution in [3.8, 4) is 5.75 Å². The molecule has 0 amide bonds. The molecule has 1 N–H and O–H groups in total. The molecule has 0 radical (unpaired) electrons. The normalized spacial score (nSPS) is 17.4. The molecule has 0 saturated heterocycles. The van der Waals surface area contributed by atoms with E-state index in [2.05, 4.69) is 16.2 Å². The van der Waals surface area contributed by atoms with Crippen LogP contribution in [0.15, 0.2) is 78.1 Å². The van der Waals surface area contributed by atoms with E-state index in [9.17, 15) is 5.11 Å². The molecule has 1 aliphatic rings. The largest absolute Gasteiger partial charge is 0.508 e. The van der Waals surface area contributed by atoms with Crippen molar-refractivity contribution < 1.29 is 9.94 Å². The first-order valence-electron chi connectivity index (χ1n) is 10.2. The molecule has 0 saturated carbocycles. The highest BCUT2D eigenvalue weighted by Crippen LogP contribution is 2.33. The van der Waals surface area contributed by atoms with Crippen LogP contribution < -0.4 is 0 Å². The molecule has 29 heavy (non-hydrogen) atoms. The summed E-state index contributed by atoms with van der Waals surface area (Å²) in [7, 11) is 0. The van der Waals surface area contributed by atoms with Crippen LogP contribution in [0.3, 0.4) is 0 Å². The topological polar surface area (TPSA) is 54.7 Å². The van der Waals surface area contributed by atoms with E-state index in [1.54, 1.807) is 12.3 Å². The Balaban J connectivity index is 1.45. The zero-order valence-electron chi connectivity index (χ0n) is 16.7. The number of nitrogens with zero attached hydrogens (tertiary/aromatic N) is 2. The highest BCUT2D eigenvalue weighted by Gasteiger charge is 2.22. The maximum absolute atomic E-state index is 10.0. The first-order valence-corrected chi connectivity index (χ1v) is 10.2. The van der Waals surface area contributed by atoms with Crippen molar-refractivity contribution in [3.63, 3.8) is 0 Å². The summed E-state index contributed by atoms with van der Waals surface area (Å²) >= 11 is 0. The van der Waals surface area contributed by atoms with Crippen molar-refractivity contribution in [3.05, 3.63) is 95.3 Å². The molecule has 1 aromatic heterocycles. The van der Waals surface area contributed by atoms with Crippen LogP contribution in [0.4, 0.5) is 0 Å². The second kappa shape index (κ2) is 8.91. The fourth-order valence-electron chi connectivity index (χ4n) is 4.08. The van der Waals surface area contributed by atoms with Crippen molar-refractivity contribution in [1.29, 1.82) is 0 Å². The number of aromatic hydroxyl groups is 1. The maximum atomic E-state index is 10.0. The van der Waals surface area contributed by atoms with Gasteiger partial charge in [-0.15, -0.1) is 0 Å². The Labute approximate surface area is 171 Å². The van der Waals surface area contributed by atoms with Gasteiger partial charge in [0.25, 0.3) is 0 Å². The molecule has 2 unspecified atom stereocenters. The van der Waals surface area contributed by atoms with Crippen molar-refractivity contribution >= 4 is 5.71 Å². The number of fused-ring (bicyclic) bond motifs is 1. The first kappa shape index (κ1) is 19.2. The van der Waals surface area contributed by atoms with Crippen LogP contribution in [0.25, 0.3) is 0 Å². The van der Waals surface area contributed by atoms with E-state index in [1.807, 2.05) is 61.5 Å². The van der Waals surface area contributed by atoms with Gasteiger partial charge in [0.15, 0.2) is 6.10 Å². The summed E-state index contributed by atoms with van der Waals surface area (Å²) in [6.45, 7) is 2.03. The van der Waals surface area contributed by atoms with Crippen LogP contribution in [-0.2, 0) is 17.7 Å². The van der Waals surface area contributed by atoms with E-state index in [1.165, 1.54) is 5.56 Å². The Morgan fingerprint density at radius 1 is 1.10 bits per heavy atom. The van der Waals surface area contributed by atoms with Crippen molar-refractivity contribution in [2.75, 3.05) is 0 Å². The summed E-state index contributed by atoms with van der Waals surface area (Å²) in [5, 5.41) is 14.5. The van der Waals surface area contributed by atoms with Crippen LogP contribution >= 0.6 is 0 Å². The predicted octanol–water partition coefficient (Wildman–Crippen LogP) is 5.46. The van der Waals surface area contributed by atoms with Crippen LogP contribution in [0.2, 0.25) is 0 Å². The third kappa shape index (κ3) is 4.65. The highest BCUT2D eigenvalue weighted by atomic mass is 16.6. The molecule has 2 atom stereocenters. The lowest BCUT2D eigenvalue weighted by Crippen LogP contribution is -2.17. The number of rotatable bonds is 6. The molecule has 0 fully saturated rings. The zero-order chi connectivity index (χ0) is 20.1. The van der Waals surface area contributed by atoms with Crippen LogP contribution in [-0.4, -0.2) is 15.8 Å². The van der Waals surface area contributed by atoms with Gasteiger partial charge >= 0.3 is 0 Å². The minimum atomic E-state index is -0.323. The number of phenols is 1. The molecular formula is C25H26N2O2. The Kier molecular flexibility index (Phi) is 5.89. The van der Waals surface area contributed by atoms with E-state index in [-0.39, 0.29) is 6.10 Å². The minimum Gasteiger partial charge on any atom is -0.508 e. The smallest absolute Gasteiger partial charge is 0.194 e. The lowest BCUT2D eigenvalue weighted by molar-refractivity contribution is 0.0834. The zero-order valence-corrected chi connectivity index (χ0v) is 16.7. The van der Waals surface area contributed by atoms with Crippen molar-refractivity contribution in [2.24, 2.45) is 11.1 Å². The third-order valence-electron chi connectivity index (χ3n) is 5.52. The van der Waals surface area contributed by atoms with Gasteiger partial charge in [-0.3, -0.25) is 4.98 Å². The number of phenolic OH excluding ortho intramolecular Hbond substituents is 1. The molecule has 2 aromatic carbocycles. The molecule has 1 aliphatic carbocycles. The van der Waals surface area contributed by atoms with Gasteiger partial charge in [0, 0.05) is 11.8 Å². The Morgan fingerprint density at radius 2 is 1.93 bits per heavy atom. The number of hydrogen-bond acceptors (Lipinski definition) is 4. The van der Waals surface area contributed by atoms with E-state index < -0.39 is 0 Å². The standard InChI is InChI=1S/C25H26N2O2/c1-18(16-19-13-14-22-21(17-19)10-7-12-24(22)28)27-29-25(20-8-3-2-4-9-20)23-11-5-6-15-26-23/h2-12,15,19,25,28H,13-14,16-17H2,1H3. The second-order valence-corrected chi connectivity index (χ2v) is 7.71. The van der Waals surface area contributed by atoms with E-state index in [0.717, 1.165) is 48.2 Å². The van der Waals surface area contributed by atoms with Gasteiger partial charge in [-0.25, -0.2) is 0 Å². The first-order chi connectivity index (χ1) is 14.2. The van der Waals surface area contributed by atoms with Crippen molar-refractivity contribution in [1.82, 2.24) is 4.98 Å². The molecule has 3 aromatic rings. The number of benzene rings is 2. The number of oxime groups is 1. The second-order valence-electron chi connectivity index (χ2n) is 7.71. The van der Waals surface area contributed by atoms with Crippen LogP contribution in [0.5, 0.6) is 5.75 Å². The lowest BCUT2D eigenvalue weighted by Gasteiger charge is -2.25. The maximum Gasteiger partial charge on any atom is 0.194 e.